The third-order valence-electron chi connectivity index (χ3n) is 3.78. The molecule has 1 aliphatic heterocycles. The van der Waals surface area contributed by atoms with Crippen molar-refractivity contribution < 1.29 is 22.7 Å². The van der Waals surface area contributed by atoms with E-state index in [9.17, 15) is 18.5 Å². The molecule has 1 heterocycles. The minimum atomic E-state index is -3.50. The molecule has 7 heteroatoms. The van der Waals surface area contributed by atoms with Gasteiger partial charge in [-0.2, -0.15) is 5.26 Å². The van der Waals surface area contributed by atoms with E-state index in [2.05, 4.69) is 0 Å². The summed E-state index contributed by atoms with van der Waals surface area (Å²) in [5, 5.41) is 8.21. The third kappa shape index (κ3) is 1.61. The van der Waals surface area contributed by atoms with Gasteiger partial charge in [0.1, 0.15) is 11.7 Å². The van der Waals surface area contributed by atoms with Crippen LogP contribution in [0.4, 0.5) is 0 Å². The van der Waals surface area contributed by atoms with Gasteiger partial charge < -0.3 is 14.3 Å². The van der Waals surface area contributed by atoms with E-state index in [1.807, 2.05) is 6.07 Å². The van der Waals surface area contributed by atoms with Crippen LogP contribution in [-0.2, 0) is 14.6 Å². The summed E-state index contributed by atoms with van der Waals surface area (Å²) >= 11 is 0. The lowest BCUT2D eigenvalue weighted by Crippen LogP contribution is -2.14. The first-order valence-corrected chi connectivity index (χ1v) is 7.85. The summed E-state index contributed by atoms with van der Waals surface area (Å²) in [5.41, 5.74) is -0.903. The number of nitriles is 1. The first-order chi connectivity index (χ1) is 9.44. The standard InChI is InChI=1S/C13H11NO5S/c1-20(16,17)12-11(13(12,5-14)6-15)8-2-3-9-10(4-8)19-7-18-9/h2-4,6,11-12H,7H2,1H3. The number of fused-ring (bicyclic) bond motifs is 1. The van der Waals surface area contributed by atoms with Crippen LogP contribution in [0.25, 0.3) is 0 Å². The Hall–Kier alpha value is -2.07. The van der Waals surface area contributed by atoms with E-state index >= 15 is 0 Å². The van der Waals surface area contributed by atoms with Crippen molar-refractivity contribution in [3.8, 4) is 17.6 Å². The highest BCUT2D eigenvalue weighted by Gasteiger charge is 2.71. The average molecular weight is 293 g/mol. The van der Waals surface area contributed by atoms with E-state index in [0.29, 0.717) is 23.3 Å². The molecule has 0 N–H and O–H groups in total. The van der Waals surface area contributed by atoms with Gasteiger partial charge in [-0.1, -0.05) is 6.07 Å². The Balaban J connectivity index is 2.06. The van der Waals surface area contributed by atoms with E-state index in [0.717, 1.165) is 6.26 Å². The van der Waals surface area contributed by atoms with Crippen LogP contribution in [0.1, 0.15) is 11.5 Å². The molecule has 104 valence electrons. The van der Waals surface area contributed by atoms with Gasteiger partial charge in [0.15, 0.2) is 21.3 Å². The Kier molecular flexibility index (Phi) is 2.56. The molecule has 3 atom stereocenters. The summed E-state index contributed by atoms with van der Waals surface area (Å²) in [6.45, 7) is 0.107. The second-order valence-corrected chi connectivity index (χ2v) is 7.17. The van der Waals surface area contributed by atoms with E-state index in [1.54, 1.807) is 18.2 Å². The zero-order valence-corrected chi connectivity index (χ0v) is 11.4. The summed E-state index contributed by atoms with van der Waals surface area (Å²) in [6.07, 6.45) is 1.48. The number of hydrogen-bond donors (Lipinski definition) is 0. The van der Waals surface area contributed by atoms with Crippen molar-refractivity contribution in [2.45, 2.75) is 11.2 Å². The van der Waals surface area contributed by atoms with Crippen LogP contribution in [0, 0.1) is 16.7 Å². The Labute approximate surface area is 115 Å². The lowest BCUT2D eigenvalue weighted by atomic mass is 10.0. The second kappa shape index (κ2) is 3.96. The summed E-state index contributed by atoms with van der Waals surface area (Å²) in [6, 6.07) is 6.81. The Morgan fingerprint density at radius 3 is 2.65 bits per heavy atom. The zero-order valence-electron chi connectivity index (χ0n) is 10.6. The van der Waals surface area contributed by atoms with E-state index in [4.69, 9.17) is 9.47 Å². The van der Waals surface area contributed by atoms with Gasteiger partial charge in [-0.05, 0) is 17.7 Å². The van der Waals surface area contributed by atoms with Crippen molar-refractivity contribution in [1.29, 1.82) is 5.26 Å². The first kappa shape index (κ1) is 12.9. The first-order valence-electron chi connectivity index (χ1n) is 5.90. The minimum Gasteiger partial charge on any atom is -0.454 e. The maximum Gasteiger partial charge on any atom is 0.231 e. The van der Waals surface area contributed by atoms with Crippen molar-refractivity contribution in [3.63, 3.8) is 0 Å². The number of benzene rings is 1. The lowest BCUT2D eigenvalue weighted by molar-refractivity contribution is -0.110. The number of rotatable bonds is 3. The van der Waals surface area contributed by atoms with E-state index in [1.165, 1.54) is 0 Å². The highest BCUT2D eigenvalue weighted by molar-refractivity contribution is 7.91. The molecule has 1 saturated carbocycles. The van der Waals surface area contributed by atoms with Crippen molar-refractivity contribution in [2.24, 2.45) is 5.41 Å². The Bertz CT molecular complexity index is 736. The number of carbonyl (C=O) groups excluding carboxylic acids is 1. The highest BCUT2D eigenvalue weighted by atomic mass is 32.2. The fourth-order valence-electron chi connectivity index (χ4n) is 2.83. The molecule has 6 nitrogen and oxygen atoms in total. The van der Waals surface area contributed by atoms with Gasteiger partial charge in [0.05, 0.1) is 11.3 Å². The predicted molar refractivity (Wildman–Crippen MR) is 68.0 cm³/mol. The average Bonchev–Trinajstić information content (AvgIpc) is 2.89. The van der Waals surface area contributed by atoms with Crippen LogP contribution < -0.4 is 9.47 Å². The van der Waals surface area contributed by atoms with E-state index < -0.39 is 26.4 Å². The van der Waals surface area contributed by atoms with Crippen LogP contribution >= 0.6 is 0 Å². The van der Waals surface area contributed by atoms with Gasteiger partial charge in [-0.25, -0.2) is 8.42 Å². The predicted octanol–water partition coefficient (Wildman–Crippen LogP) is 0.635. The monoisotopic (exact) mass is 293 g/mol. The molecule has 3 rings (SSSR count). The molecular formula is C13H11NO5S. The number of aldehydes is 1. The molecule has 0 amide bonds. The summed E-state index contributed by atoms with van der Waals surface area (Å²) in [4.78, 5) is 11.3. The van der Waals surface area contributed by atoms with Gasteiger partial charge >= 0.3 is 0 Å². The van der Waals surface area contributed by atoms with Gasteiger partial charge in [0, 0.05) is 12.2 Å². The maximum absolute atomic E-state index is 11.8. The molecule has 0 radical (unpaired) electrons. The molecule has 1 fully saturated rings. The van der Waals surface area contributed by atoms with Crippen LogP contribution in [0.3, 0.4) is 0 Å². The number of nitrogens with zero attached hydrogens (tertiary/aromatic N) is 1. The lowest BCUT2D eigenvalue weighted by Gasteiger charge is -2.02. The van der Waals surface area contributed by atoms with Gasteiger partial charge in [0.25, 0.3) is 0 Å². The van der Waals surface area contributed by atoms with Crippen LogP contribution in [-0.4, -0.2) is 33.0 Å². The molecule has 3 unspecified atom stereocenters. The molecule has 1 aromatic rings. The maximum atomic E-state index is 11.8. The topological polar surface area (TPSA) is 93.5 Å². The van der Waals surface area contributed by atoms with Gasteiger partial charge in [0.2, 0.25) is 6.79 Å². The largest absolute Gasteiger partial charge is 0.454 e. The molecule has 1 aromatic carbocycles. The number of sulfone groups is 1. The van der Waals surface area contributed by atoms with E-state index in [-0.39, 0.29) is 6.79 Å². The third-order valence-corrected chi connectivity index (χ3v) is 5.37. The minimum absolute atomic E-state index is 0.107. The fraction of sp³-hybridized carbons (Fsp3) is 0.385. The summed E-state index contributed by atoms with van der Waals surface area (Å²) < 4.78 is 34.0. The zero-order chi connectivity index (χ0) is 14.5. The number of ether oxygens (including phenoxy) is 2. The normalized spacial score (nSPS) is 30.6. The molecular weight excluding hydrogens is 282 g/mol. The molecule has 1 aliphatic carbocycles. The molecule has 2 aliphatic rings. The van der Waals surface area contributed by atoms with Gasteiger partial charge in [-0.3, -0.25) is 0 Å². The smallest absolute Gasteiger partial charge is 0.231 e. The SMILES string of the molecule is CS(=O)(=O)C1C(c2ccc3c(c2)OCO3)C1(C#N)C=O. The van der Waals surface area contributed by atoms with Crippen LogP contribution in [0.15, 0.2) is 18.2 Å². The fourth-order valence-corrected chi connectivity index (χ4v) is 4.59. The molecule has 0 bridgehead atoms. The number of carbonyl (C=O) groups is 1. The molecule has 20 heavy (non-hydrogen) atoms. The quantitative estimate of drug-likeness (QED) is 0.759. The van der Waals surface area contributed by atoms with Crippen molar-refractivity contribution in [2.75, 3.05) is 13.0 Å². The Morgan fingerprint density at radius 2 is 2.10 bits per heavy atom. The van der Waals surface area contributed by atoms with Crippen molar-refractivity contribution in [1.82, 2.24) is 0 Å². The van der Waals surface area contributed by atoms with Crippen molar-refractivity contribution >= 4 is 16.1 Å². The van der Waals surface area contributed by atoms with Gasteiger partial charge in [-0.15, -0.1) is 0 Å². The molecule has 0 spiro atoms. The van der Waals surface area contributed by atoms with Crippen LogP contribution in [0.5, 0.6) is 11.5 Å². The second-order valence-electron chi connectivity index (χ2n) is 5.00. The molecule has 0 saturated heterocycles. The van der Waals surface area contributed by atoms with Crippen LogP contribution in [0.2, 0.25) is 0 Å². The summed E-state index contributed by atoms with van der Waals surface area (Å²) in [5.74, 6) is 0.410. The van der Waals surface area contributed by atoms with Crippen molar-refractivity contribution in [3.05, 3.63) is 23.8 Å². The summed E-state index contributed by atoms with van der Waals surface area (Å²) in [7, 11) is -3.50. The number of hydrogen-bond acceptors (Lipinski definition) is 6. The Morgan fingerprint density at radius 1 is 1.40 bits per heavy atom. The highest BCUT2D eigenvalue weighted by Crippen LogP contribution is 2.61. The molecule has 0 aromatic heterocycles.